The van der Waals surface area contributed by atoms with Crippen LogP contribution in [-0.4, -0.2) is 67.5 Å². The third-order valence-electron chi connectivity index (χ3n) is 6.62. The summed E-state index contributed by atoms with van der Waals surface area (Å²) in [5.74, 6) is 1.07. The van der Waals surface area contributed by atoms with Crippen LogP contribution in [0.5, 0.6) is 0 Å². The van der Waals surface area contributed by atoms with Gasteiger partial charge in [-0.15, -0.1) is 0 Å². The van der Waals surface area contributed by atoms with E-state index >= 15 is 0 Å². The molecule has 1 aliphatic carbocycles. The number of pyridine rings is 1. The van der Waals surface area contributed by atoms with Crippen LogP contribution in [0.1, 0.15) is 57.5 Å². The summed E-state index contributed by atoms with van der Waals surface area (Å²) in [5.41, 5.74) is 4.66. The van der Waals surface area contributed by atoms with E-state index in [2.05, 4.69) is 31.4 Å². The van der Waals surface area contributed by atoms with Crippen LogP contribution in [0, 0.1) is 11.3 Å². The van der Waals surface area contributed by atoms with Gasteiger partial charge in [-0.25, -0.2) is 19.7 Å². The van der Waals surface area contributed by atoms with Crippen LogP contribution in [0.4, 0.5) is 22.2 Å². The lowest BCUT2D eigenvalue weighted by Crippen LogP contribution is -2.50. The Morgan fingerprint density at radius 3 is 2.50 bits per heavy atom. The van der Waals surface area contributed by atoms with Gasteiger partial charge in [0.15, 0.2) is 5.69 Å². The molecule has 11 heteroatoms. The number of hydrogen-bond acceptors (Lipinski definition) is 9. The molecule has 1 N–H and O–H groups in total. The molecule has 0 bridgehead atoms. The first-order valence-corrected chi connectivity index (χ1v) is 13.0. The molecule has 0 aromatic carbocycles. The van der Waals surface area contributed by atoms with Crippen molar-refractivity contribution in [1.82, 2.24) is 29.6 Å². The van der Waals surface area contributed by atoms with Gasteiger partial charge in [0.2, 0.25) is 5.95 Å². The summed E-state index contributed by atoms with van der Waals surface area (Å²) in [4.78, 5) is 30.2. The molecule has 198 valence electrons. The topological polar surface area (TPSA) is 125 Å². The van der Waals surface area contributed by atoms with Crippen molar-refractivity contribution >= 4 is 23.5 Å². The number of piperazine rings is 1. The van der Waals surface area contributed by atoms with Crippen molar-refractivity contribution in [3.05, 3.63) is 41.3 Å². The Labute approximate surface area is 222 Å². The van der Waals surface area contributed by atoms with E-state index < -0.39 is 5.60 Å². The molecule has 4 heterocycles. The van der Waals surface area contributed by atoms with Crippen LogP contribution in [0.15, 0.2) is 24.5 Å². The SMILES string of the molecule is CC(C)n1nc(C#N)c2c1-c1nc(Nc3ccc(N4CCN(C(=O)OC(C)(C)C)CC4)cn3)ncc1CC2. The molecule has 1 saturated heterocycles. The number of rotatable bonds is 4. The monoisotopic (exact) mass is 515 g/mol. The molecule has 0 unspecified atom stereocenters. The van der Waals surface area contributed by atoms with Crippen molar-refractivity contribution in [2.24, 2.45) is 0 Å². The molecule has 2 aliphatic rings. The van der Waals surface area contributed by atoms with E-state index in [0.717, 1.165) is 41.0 Å². The first-order valence-electron chi connectivity index (χ1n) is 13.0. The van der Waals surface area contributed by atoms with Crippen molar-refractivity contribution in [2.75, 3.05) is 36.4 Å². The molecular weight excluding hydrogens is 482 g/mol. The van der Waals surface area contributed by atoms with E-state index in [1.165, 1.54) is 0 Å². The molecule has 3 aromatic heterocycles. The Hall–Kier alpha value is -4.20. The summed E-state index contributed by atoms with van der Waals surface area (Å²) in [7, 11) is 0. The Morgan fingerprint density at radius 1 is 1.11 bits per heavy atom. The average molecular weight is 516 g/mol. The lowest BCUT2D eigenvalue weighted by atomic mass is 9.93. The number of nitrogens with one attached hydrogen (secondary N) is 1. The van der Waals surface area contributed by atoms with E-state index in [4.69, 9.17) is 9.72 Å². The second kappa shape index (κ2) is 9.93. The number of amides is 1. The molecule has 38 heavy (non-hydrogen) atoms. The molecule has 0 saturated carbocycles. The van der Waals surface area contributed by atoms with Gasteiger partial charge in [0.05, 0.1) is 23.3 Å². The average Bonchev–Trinajstić information content (AvgIpc) is 3.28. The first kappa shape index (κ1) is 25.4. The van der Waals surface area contributed by atoms with Gasteiger partial charge in [-0.1, -0.05) is 0 Å². The molecule has 0 atom stereocenters. The number of anilines is 3. The minimum atomic E-state index is -0.500. The van der Waals surface area contributed by atoms with Gasteiger partial charge in [-0.05, 0) is 65.2 Å². The van der Waals surface area contributed by atoms with Crippen LogP contribution in [0.2, 0.25) is 0 Å². The molecule has 11 nitrogen and oxygen atoms in total. The predicted molar refractivity (Wildman–Crippen MR) is 143 cm³/mol. The lowest BCUT2D eigenvalue weighted by molar-refractivity contribution is 0.0240. The Morgan fingerprint density at radius 2 is 1.87 bits per heavy atom. The van der Waals surface area contributed by atoms with E-state index in [9.17, 15) is 10.1 Å². The van der Waals surface area contributed by atoms with Gasteiger partial charge >= 0.3 is 6.09 Å². The normalized spacial score (nSPS) is 15.1. The number of nitrogens with zero attached hydrogens (tertiary/aromatic N) is 8. The van der Waals surface area contributed by atoms with Crippen molar-refractivity contribution in [3.63, 3.8) is 0 Å². The summed E-state index contributed by atoms with van der Waals surface area (Å²) in [6, 6.07) is 6.24. The van der Waals surface area contributed by atoms with Crippen LogP contribution in [0.3, 0.4) is 0 Å². The van der Waals surface area contributed by atoms with Gasteiger partial charge in [-0.3, -0.25) is 4.68 Å². The molecule has 5 rings (SSSR count). The van der Waals surface area contributed by atoms with Gasteiger partial charge < -0.3 is 19.9 Å². The summed E-state index contributed by atoms with van der Waals surface area (Å²) in [5, 5.41) is 17.3. The van der Waals surface area contributed by atoms with Gasteiger partial charge in [-0.2, -0.15) is 10.4 Å². The Balaban J connectivity index is 1.28. The maximum absolute atomic E-state index is 12.3. The minimum absolute atomic E-state index is 0.100. The maximum atomic E-state index is 12.3. The van der Waals surface area contributed by atoms with E-state index in [1.807, 2.05) is 63.8 Å². The highest BCUT2D eigenvalue weighted by atomic mass is 16.6. The standard InChI is InChI=1S/C27H33N9O2/c1-17(2)36-24-20(21(14-28)33-36)8-6-18-15-30-25(32-23(18)24)31-22-9-7-19(16-29-22)34-10-12-35(13-11-34)26(37)38-27(3,4)5/h7,9,15-17H,6,8,10-13H2,1-5H3,(H,29,30,31,32). The van der Waals surface area contributed by atoms with Crippen molar-refractivity contribution in [3.8, 4) is 17.5 Å². The van der Waals surface area contributed by atoms with Crippen molar-refractivity contribution < 1.29 is 9.53 Å². The molecular formula is C27H33N9O2. The zero-order valence-corrected chi connectivity index (χ0v) is 22.5. The fraction of sp³-hybridized carbons (Fsp3) is 0.481. The number of aromatic nitrogens is 5. The summed E-state index contributed by atoms with van der Waals surface area (Å²) in [6.07, 6.45) is 4.91. The molecule has 3 aromatic rings. The smallest absolute Gasteiger partial charge is 0.410 e. The second-order valence-electron chi connectivity index (χ2n) is 10.9. The highest BCUT2D eigenvalue weighted by Gasteiger charge is 2.29. The van der Waals surface area contributed by atoms with Crippen molar-refractivity contribution in [2.45, 2.75) is 59.1 Å². The van der Waals surface area contributed by atoms with E-state index in [0.29, 0.717) is 43.6 Å². The summed E-state index contributed by atoms with van der Waals surface area (Å²) >= 11 is 0. The highest BCUT2D eigenvalue weighted by Crippen LogP contribution is 2.36. The van der Waals surface area contributed by atoms with Gasteiger partial charge in [0.25, 0.3) is 0 Å². The molecule has 1 fully saturated rings. The van der Waals surface area contributed by atoms with Crippen LogP contribution in [-0.2, 0) is 17.6 Å². The second-order valence-corrected chi connectivity index (χ2v) is 10.9. The van der Waals surface area contributed by atoms with Gasteiger partial charge in [0.1, 0.15) is 17.5 Å². The maximum Gasteiger partial charge on any atom is 0.410 e. The molecule has 1 amide bonds. The van der Waals surface area contributed by atoms with Crippen molar-refractivity contribution in [1.29, 1.82) is 5.26 Å². The van der Waals surface area contributed by atoms with Crippen LogP contribution in [0.25, 0.3) is 11.4 Å². The fourth-order valence-corrected chi connectivity index (χ4v) is 4.77. The Bertz CT molecular complexity index is 1380. The quantitative estimate of drug-likeness (QED) is 0.547. The number of fused-ring (bicyclic) bond motifs is 3. The fourth-order valence-electron chi connectivity index (χ4n) is 4.77. The summed E-state index contributed by atoms with van der Waals surface area (Å²) in [6.45, 7) is 12.3. The third-order valence-corrected chi connectivity index (χ3v) is 6.62. The van der Waals surface area contributed by atoms with E-state index in [-0.39, 0.29) is 12.1 Å². The zero-order chi connectivity index (χ0) is 27.0. The number of aryl methyl sites for hydroxylation is 1. The number of carbonyl (C=O) groups is 1. The third kappa shape index (κ3) is 5.11. The number of nitriles is 1. The van der Waals surface area contributed by atoms with Gasteiger partial charge in [0, 0.05) is 44.0 Å². The first-order chi connectivity index (χ1) is 18.1. The molecule has 0 spiro atoms. The lowest BCUT2D eigenvalue weighted by Gasteiger charge is -2.36. The largest absolute Gasteiger partial charge is 0.444 e. The number of ether oxygens (including phenoxy) is 1. The van der Waals surface area contributed by atoms with Crippen LogP contribution < -0.4 is 10.2 Å². The predicted octanol–water partition coefficient (Wildman–Crippen LogP) is 4.09. The molecule has 1 aliphatic heterocycles. The Kier molecular flexibility index (Phi) is 6.65. The minimum Gasteiger partial charge on any atom is -0.444 e. The molecule has 0 radical (unpaired) electrons. The summed E-state index contributed by atoms with van der Waals surface area (Å²) < 4.78 is 7.37. The zero-order valence-electron chi connectivity index (χ0n) is 22.5. The van der Waals surface area contributed by atoms with Crippen LogP contribution >= 0.6 is 0 Å². The highest BCUT2D eigenvalue weighted by molar-refractivity contribution is 5.70. The number of carbonyl (C=O) groups excluding carboxylic acids is 1. The van der Waals surface area contributed by atoms with E-state index in [1.54, 1.807) is 4.90 Å². The number of hydrogen-bond donors (Lipinski definition) is 1.